The maximum atomic E-state index is 12.0. The first-order valence-electron chi connectivity index (χ1n) is 11.7. The largest absolute Gasteiger partial charge is 0.489 e. The molecule has 0 fully saturated rings. The first kappa shape index (κ1) is 27.4. The minimum Gasteiger partial charge on any atom is -0.489 e. The average molecular weight is 512 g/mol. The van der Waals surface area contributed by atoms with Crippen LogP contribution < -0.4 is 15.2 Å². The number of hydrogen-bond acceptors (Lipinski definition) is 7. The molecule has 0 aliphatic rings. The van der Waals surface area contributed by atoms with Crippen LogP contribution in [0.4, 0.5) is 0 Å². The second-order valence-corrected chi connectivity index (χ2v) is 10.9. The molecular formula is C26H33N5O4S. The number of nitriles is 1. The number of aliphatic hydroxyl groups excluding tert-OH is 1. The number of nitrogens with two attached hydrogens (primary N) is 1. The van der Waals surface area contributed by atoms with Gasteiger partial charge in [0.1, 0.15) is 24.5 Å². The molecule has 192 valence electrons. The van der Waals surface area contributed by atoms with Gasteiger partial charge in [-0.05, 0) is 69.5 Å². The molecule has 0 unspecified atom stereocenters. The van der Waals surface area contributed by atoms with E-state index in [9.17, 15) is 18.8 Å². The van der Waals surface area contributed by atoms with Gasteiger partial charge in [0, 0.05) is 30.4 Å². The van der Waals surface area contributed by atoms with Crippen molar-refractivity contribution >= 4 is 10.0 Å². The Bertz CT molecular complexity index is 1360. The quantitative estimate of drug-likeness (QED) is 0.359. The van der Waals surface area contributed by atoms with Gasteiger partial charge in [-0.15, -0.1) is 0 Å². The van der Waals surface area contributed by atoms with E-state index in [2.05, 4.69) is 16.5 Å². The van der Waals surface area contributed by atoms with Crippen molar-refractivity contribution < 1.29 is 18.3 Å². The number of nitrogens with zero attached hydrogens (tertiary/aromatic N) is 3. The van der Waals surface area contributed by atoms with Gasteiger partial charge in [0.2, 0.25) is 10.0 Å². The van der Waals surface area contributed by atoms with Crippen molar-refractivity contribution in [3.63, 3.8) is 0 Å². The Labute approximate surface area is 212 Å². The monoisotopic (exact) mass is 511 g/mol. The fourth-order valence-corrected chi connectivity index (χ4v) is 4.56. The summed E-state index contributed by atoms with van der Waals surface area (Å²) in [6.45, 7) is 8.73. The Kier molecular flexibility index (Phi) is 8.53. The third kappa shape index (κ3) is 6.71. The zero-order chi connectivity index (χ0) is 26.5. The predicted octanol–water partition coefficient (Wildman–Crippen LogP) is 2.75. The van der Waals surface area contributed by atoms with Crippen molar-refractivity contribution in [1.29, 1.82) is 5.26 Å². The summed E-state index contributed by atoms with van der Waals surface area (Å²) in [4.78, 5) is 0.0383. The fourth-order valence-electron chi connectivity index (χ4n) is 4.02. The number of benzene rings is 2. The van der Waals surface area contributed by atoms with Gasteiger partial charge in [0.15, 0.2) is 0 Å². The molecule has 0 amide bonds. The summed E-state index contributed by atoms with van der Waals surface area (Å²) in [5, 5.41) is 32.9. The van der Waals surface area contributed by atoms with Gasteiger partial charge in [0.05, 0.1) is 16.2 Å². The molecule has 4 N–H and O–H groups in total. The summed E-state index contributed by atoms with van der Waals surface area (Å²) >= 11 is 0. The van der Waals surface area contributed by atoms with Crippen LogP contribution in [0.5, 0.6) is 5.75 Å². The van der Waals surface area contributed by atoms with Gasteiger partial charge in [-0.1, -0.05) is 18.2 Å². The van der Waals surface area contributed by atoms with Crippen molar-refractivity contribution in [3.8, 4) is 23.1 Å². The van der Waals surface area contributed by atoms with Crippen LogP contribution >= 0.6 is 0 Å². The summed E-state index contributed by atoms with van der Waals surface area (Å²) in [5.41, 5.74) is 3.28. The molecule has 2 aromatic carbocycles. The van der Waals surface area contributed by atoms with Crippen molar-refractivity contribution in [1.82, 2.24) is 15.1 Å². The van der Waals surface area contributed by atoms with Crippen molar-refractivity contribution in [2.75, 3.05) is 13.2 Å². The minimum absolute atomic E-state index is 0.0329. The molecule has 1 aromatic heterocycles. The predicted molar refractivity (Wildman–Crippen MR) is 138 cm³/mol. The van der Waals surface area contributed by atoms with Gasteiger partial charge < -0.3 is 15.2 Å². The highest BCUT2D eigenvalue weighted by Gasteiger charge is 2.23. The van der Waals surface area contributed by atoms with Crippen molar-refractivity contribution in [3.05, 3.63) is 65.4 Å². The zero-order valence-corrected chi connectivity index (χ0v) is 21.8. The van der Waals surface area contributed by atoms with Gasteiger partial charge >= 0.3 is 0 Å². The fraction of sp³-hybridized carbons (Fsp3) is 0.385. The van der Waals surface area contributed by atoms with E-state index in [1.54, 1.807) is 29.1 Å². The average Bonchev–Trinajstić information content (AvgIpc) is 3.29. The molecule has 36 heavy (non-hydrogen) atoms. The van der Waals surface area contributed by atoms with E-state index in [1.807, 2.05) is 45.9 Å². The van der Waals surface area contributed by atoms with Gasteiger partial charge in [-0.25, -0.2) is 13.6 Å². The number of nitrogens with one attached hydrogen (secondary N) is 1. The first-order valence-corrected chi connectivity index (χ1v) is 13.2. The summed E-state index contributed by atoms with van der Waals surface area (Å²) in [7, 11) is -3.87. The lowest BCUT2D eigenvalue weighted by atomic mass is 9.90. The molecule has 0 aliphatic heterocycles. The third-order valence-corrected chi connectivity index (χ3v) is 6.84. The third-order valence-electron chi connectivity index (χ3n) is 5.93. The summed E-state index contributed by atoms with van der Waals surface area (Å²) in [5.74, 6) is 0.447. The maximum Gasteiger partial charge on any atom is 0.238 e. The molecule has 9 nitrogen and oxygen atoms in total. The number of rotatable bonds is 11. The highest BCUT2D eigenvalue weighted by atomic mass is 32.2. The van der Waals surface area contributed by atoms with E-state index in [-0.39, 0.29) is 18.0 Å². The number of β-amino-alcohol motifs (C(OH)–C–C–N with tert-alkyl or cyclic N) is 1. The molecule has 0 radical (unpaired) electrons. The van der Waals surface area contributed by atoms with Crippen LogP contribution in [0.15, 0.2) is 53.6 Å². The second kappa shape index (κ2) is 11.2. The van der Waals surface area contributed by atoms with E-state index >= 15 is 0 Å². The molecule has 0 bridgehead atoms. The molecule has 0 spiro atoms. The Morgan fingerprint density at radius 2 is 2.03 bits per heavy atom. The number of ether oxygens (including phenoxy) is 1. The molecule has 10 heteroatoms. The summed E-state index contributed by atoms with van der Waals surface area (Å²) < 4.78 is 31.5. The van der Waals surface area contributed by atoms with Gasteiger partial charge in [-0.2, -0.15) is 10.4 Å². The van der Waals surface area contributed by atoms with Crippen LogP contribution in [-0.2, 0) is 23.0 Å². The zero-order valence-electron chi connectivity index (χ0n) is 21.0. The second-order valence-electron chi connectivity index (χ2n) is 9.36. The molecule has 1 atom stereocenters. The lowest BCUT2D eigenvalue weighted by Gasteiger charge is -2.29. The lowest BCUT2D eigenvalue weighted by molar-refractivity contribution is 0.0987. The molecular weight excluding hydrogens is 478 g/mol. The van der Waals surface area contributed by atoms with Crippen LogP contribution in [-0.4, -0.2) is 48.1 Å². The topological polar surface area (TPSA) is 143 Å². The highest BCUT2D eigenvalue weighted by molar-refractivity contribution is 7.89. The SMILES string of the molecule is CCn1nccc1-c1cc(S(N)(=O)=O)ccc1CC(C)(C)NC[C@H](O)COc1cccc(C)c1C#N. The maximum absolute atomic E-state index is 12.0. The Balaban J connectivity index is 1.73. The van der Waals surface area contributed by atoms with Gasteiger partial charge in [0.25, 0.3) is 0 Å². The van der Waals surface area contributed by atoms with E-state index in [1.165, 1.54) is 6.07 Å². The Hall–Kier alpha value is -3.23. The number of sulfonamides is 1. The van der Waals surface area contributed by atoms with Crippen LogP contribution in [0.25, 0.3) is 11.3 Å². The Morgan fingerprint density at radius 3 is 2.69 bits per heavy atom. The highest BCUT2D eigenvalue weighted by Crippen LogP contribution is 2.29. The van der Waals surface area contributed by atoms with E-state index in [4.69, 9.17) is 9.88 Å². The minimum atomic E-state index is -3.87. The molecule has 0 aliphatic carbocycles. The smallest absolute Gasteiger partial charge is 0.238 e. The molecule has 3 rings (SSSR count). The van der Waals surface area contributed by atoms with Crippen LogP contribution in [0.1, 0.15) is 37.5 Å². The normalized spacial score (nSPS) is 12.8. The van der Waals surface area contributed by atoms with E-state index in [0.717, 1.165) is 22.4 Å². The molecule has 0 saturated heterocycles. The Morgan fingerprint density at radius 1 is 1.28 bits per heavy atom. The number of hydrogen-bond donors (Lipinski definition) is 3. The standard InChI is InChI=1S/C26H33N5O4S/c1-5-31-24(11-12-30-31)22-13-21(36(28,33)34)10-9-19(22)14-26(3,4)29-16-20(32)17-35-25-8-6-7-18(2)23(25)15-27/h6-13,20,29,32H,5,14,16-17H2,1-4H3,(H2,28,33,34)/t20-/m0/s1. The van der Waals surface area contributed by atoms with Crippen LogP contribution in [0.2, 0.25) is 0 Å². The van der Waals surface area contributed by atoms with E-state index < -0.39 is 21.7 Å². The van der Waals surface area contributed by atoms with Crippen LogP contribution in [0.3, 0.4) is 0 Å². The van der Waals surface area contributed by atoms with Gasteiger partial charge in [-0.3, -0.25) is 4.68 Å². The summed E-state index contributed by atoms with van der Waals surface area (Å²) in [6, 6.07) is 14.2. The number of aromatic nitrogens is 2. The lowest BCUT2D eigenvalue weighted by Crippen LogP contribution is -2.46. The molecule has 0 saturated carbocycles. The molecule has 1 heterocycles. The van der Waals surface area contributed by atoms with Crippen LogP contribution in [0, 0.1) is 18.3 Å². The number of aryl methyl sites for hydroxylation is 2. The van der Waals surface area contributed by atoms with E-state index in [0.29, 0.717) is 24.3 Å². The number of primary sulfonamides is 1. The summed E-state index contributed by atoms with van der Waals surface area (Å²) in [6.07, 6.45) is 1.42. The van der Waals surface area contributed by atoms with Crippen molar-refractivity contribution in [2.45, 2.75) is 57.2 Å². The molecule has 3 aromatic rings. The number of aliphatic hydroxyl groups is 1. The first-order chi connectivity index (χ1) is 16.9. The van der Waals surface area contributed by atoms with Crippen molar-refractivity contribution in [2.24, 2.45) is 5.14 Å².